The molecule has 2 N–H and O–H groups in total. The molecule has 0 aliphatic carbocycles. The van der Waals surface area contributed by atoms with Crippen molar-refractivity contribution < 1.29 is 9.90 Å². The Morgan fingerprint density at radius 3 is 3.00 bits per heavy atom. The molecule has 0 saturated carbocycles. The lowest BCUT2D eigenvalue weighted by atomic mass is 10.0. The predicted octanol–water partition coefficient (Wildman–Crippen LogP) is 2.15. The van der Waals surface area contributed by atoms with Crippen LogP contribution in [0.15, 0.2) is 30.3 Å². The molecule has 1 aromatic heterocycles. The van der Waals surface area contributed by atoms with Crippen LogP contribution >= 0.6 is 0 Å². The van der Waals surface area contributed by atoms with Crippen LogP contribution in [0.2, 0.25) is 0 Å². The van der Waals surface area contributed by atoms with Gasteiger partial charge in [0.25, 0.3) is 5.91 Å². The van der Waals surface area contributed by atoms with Crippen molar-refractivity contribution in [3.05, 3.63) is 36.0 Å². The summed E-state index contributed by atoms with van der Waals surface area (Å²) < 4.78 is 0. The Hall–Kier alpha value is -1.81. The number of nitrogens with zero attached hydrogens (tertiary/aromatic N) is 1. The summed E-state index contributed by atoms with van der Waals surface area (Å²) >= 11 is 0. The van der Waals surface area contributed by atoms with Crippen LogP contribution in [0.25, 0.3) is 10.9 Å². The largest absolute Gasteiger partial charge is 0.394 e. The summed E-state index contributed by atoms with van der Waals surface area (Å²) in [6, 6.07) is 9.72. The minimum Gasteiger partial charge on any atom is -0.394 e. The number of carbonyl (C=O) groups excluding carboxylic acids is 1. The molecular formula is C15H18N2O2. The summed E-state index contributed by atoms with van der Waals surface area (Å²) in [5.41, 5.74) is 1.59. The van der Waals surface area contributed by atoms with E-state index in [1.807, 2.05) is 30.3 Å². The molecule has 1 aromatic carbocycles. The van der Waals surface area contributed by atoms with E-state index in [1.165, 1.54) is 0 Å². The quantitative estimate of drug-likeness (QED) is 0.867. The Bertz CT molecular complexity index is 558. The first kappa shape index (κ1) is 12.2. The second-order valence-corrected chi connectivity index (χ2v) is 5.10. The van der Waals surface area contributed by atoms with Crippen LogP contribution in [-0.2, 0) is 0 Å². The van der Waals surface area contributed by atoms with Crippen LogP contribution in [0.1, 0.15) is 29.8 Å². The monoisotopic (exact) mass is 258 g/mol. The van der Waals surface area contributed by atoms with Gasteiger partial charge >= 0.3 is 0 Å². The zero-order chi connectivity index (χ0) is 13.2. The van der Waals surface area contributed by atoms with Crippen molar-refractivity contribution in [2.75, 3.05) is 13.2 Å². The highest BCUT2D eigenvalue weighted by molar-refractivity contribution is 5.98. The first-order valence-corrected chi connectivity index (χ1v) is 6.79. The van der Waals surface area contributed by atoms with Gasteiger partial charge in [-0.15, -0.1) is 0 Å². The van der Waals surface area contributed by atoms with E-state index >= 15 is 0 Å². The summed E-state index contributed by atoms with van der Waals surface area (Å²) in [4.78, 5) is 17.5. The fourth-order valence-electron chi connectivity index (χ4n) is 2.80. The van der Waals surface area contributed by atoms with Crippen LogP contribution < -0.4 is 0 Å². The molecule has 1 amide bonds. The van der Waals surface area contributed by atoms with Gasteiger partial charge in [-0.05, 0) is 31.4 Å². The number of benzene rings is 1. The molecule has 1 saturated heterocycles. The maximum Gasteiger partial charge on any atom is 0.270 e. The number of nitrogens with one attached hydrogen (secondary N) is 1. The minimum absolute atomic E-state index is 0.00468. The van der Waals surface area contributed by atoms with Crippen LogP contribution in [-0.4, -0.2) is 40.1 Å². The Morgan fingerprint density at radius 1 is 1.37 bits per heavy atom. The van der Waals surface area contributed by atoms with Gasteiger partial charge in [0.2, 0.25) is 0 Å². The molecule has 1 unspecified atom stereocenters. The van der Waals surface area contributed by atoms with Gasteiger partial charge in [-0.2, -0.15) is 0 Å². The molecule has 1 aliphatic rings. The molecule has 1 aliphatic heterocycles. The SMILES string of the molecule is O=C(c1cc2ccccc2[nH]1)N1CCCCC1CO. The number of para-hydroxylation sites is 1. The number of hydrogen-bond acceptors (Lipinski definition) is 2. The summed E-state index contributed by atoms with van der Waals surface area (Å²) in [6.07, 6.45) is 2.99. The summed E-state index contributed by atoms with van der Waals surface area (Å²) in [5.74, 6) is -0.00468. The number of amides is 1. The van der Waals surface area contributed by atoms with Crippen molar-refractivity contribution in [3.63, 3.8) is 0 Å². The van der Waals surface area contributed by atoms with Gasteiger partial charge in [0.15, 0.2) is 0 Å². The van der Waals surface area contributed by atoms with E-state index in [0.717, 1.165) is 36.7 Å². The van der Waals surface area contributed by atoms with Gasteiger partial charge in [0.1, 0.15) is 5.69 Å². The van der Waals surface area contributed by atoms with Gasteiger partial charge in [-0.3, -0.25) is 4.79 Å². The Morgan fingerprint density at radius 2 is 2.21 bits per heavy atom. The first-order chi connectivity index (χ1) is 9.29. The average Bonchev–Trinajstić information content (AvgIpc) is 2.90. The Balaban J connectivity index is 1.89. The number of aromatic amines is 1. The smallest absolute Gasteiger partial charge is 0.270 e. The van der Waals surface area contributed by atoms with Crippen LogP contribution in [0, 0.1) is 0 Å². The zero-order valence-electron chi connectivity index (χ0n) is 10.8. The third-order valence-electron chi connectivity index (χ3n) is 3.86. The fourth-order valence-corrected chi connectivity index (χ4v) is 2.80. The van der Waals surface area contributed by atoms with Gasteiger partial charge in [0.05, 0.1) is 12.6 Å². The van der Waals surface area contributed by atoms with Crippen molar-refractivity contribution in [1.29, 1.82) is 0 Å². The number of piperidine rings is 1. The zero-order valence-corrected chi connectivity index (χ0v) is 10.8. The molecule has 19 heavy (non-hydrogen) atoms. The third-order valence-corrected chi connectivity index (χ3v) is 3.86. The van der Waals surface area contributed by atoms with Crippen molar-refractivity contribution in [3.8, 4) is 0 Å². The number of carbonyl (C=O) groups is 1. The molecule has 0 radical (unpaired) electrons. The van der Waals surface area contributed by atoms with E-state index in [2.05, 4.69) is 4.98 Å². The lowest BCUT2D eigenvalue weighted by molar-refractivity contribution is 0.0498. The van der Waals surface area contributed by atoms with Crippen molar-refractivity contribution in [2.45, 2.75) is 25.3 Å². The highest BCUT2D eigenvalue weighted by Crippen LogP contribution is 2.21. The first-order valence-electron chi connectivity index (χ1n) is 6.79. The van der Waals surface area contributed by atoms with Gasteiger partial charge < -0.3 is 15.0 Å². The topological polar surface area (TPSA) is 56.3 Å². The normalized spacial score (nSPS) is 19.8. The van der Waals surface area contributed by atoms with Crippen LogP contribution in [0.5, 0.6) is 0 Å². The molecule has 4 nitrogen and oxygen atoms in total. The second kappa shape index (κ2) is 5.05. The predicted molar refractivity (Wildman–Crippen MR) is 74.1 cm³/mol. The Labute approximate surface area is 112 Å². The van der Waals surface area contributed by atoms with Gasteiger partial charge in [-0.1, -0.05) is 18.2 Å². The lowest BCUT2D eigenvalue weighted by Gasteiger charge is -2.34. The molecule has 2 aromatic rings. The molecule has 1 atom stereocenters. The second-order valence-electron chi connectivity index (χ2n) is 5.10. The lowest BCUT2D eigenvalue weighted by Crippen LogP contribution is -2.45. The van der Waals surface area contributed by atoms with Crippen LogP contribution in [0.4, 0.5) is 0 Å². The number of aromatic nitrogens is 1. The average molecular weight is 258 g/mol. The number of likely N-dealkylation sites (tertiary alicyclic amines) is 1. The highest BCUT2D eigenvalue weighted by atomic mass is 16.3. The molecule has 3 rings (SSSR count). The number of H-pyrrole nitrogens is 1. The maximum absolute atomic E-state index is 12.5. The Kier molecular flexibility index (Phi) is 3.25. The van der Waals surface area contributed by atoms with E-state index in [-0.39, 0.29) is 18.6 Å². The van der Waals surface area contributed by atoms with E-state index in [9.17, 15) is 9.90 Å². The molecule has 4 heteroatoms. The summed E-state index contributed by atoms with van der Waals surface area (Å²) in [5, 5.41) is 10.4. The number of aliphatic hydroxyl groups excluding tert-OH is 1. The standard InChI is InChI=1S/C15H18N2O2/c18-10-12-6-3-4-8-17(12)15(19)14-9-11-5-1-2-7-13(11)16-14/h1-2,5,7,9,12,16,18H,3-4,6,8,10H2. The van der Waals surface area contributed by atoms with Crippen molar-refractivity contribution in [1.82, 2.24) is 9.88 Å². The van der Waals surface area contributed by atoms with E-state index in [0.29, 0.717) is 5.69 Å². The number of hydrogen-bond donors (Lipinski definition) is 2. The van der Waals surface area contributed by atoms with E-state index in [1.54, 1.807) is 4.90 Å². The van der Waals surface area contributed by atoms with Crippen molar-refractivity contribution >= 4 is 16.8 Å². The third kappa shape index (κ3) is 2.24. The molecule has 100 valence electrons. The summed E-state index contributed by atoms with van der Waals surface area (Å²) in [7, 11) is 0. The van der Waals surface area contributed by atoms with E-state index < -0.39 is 0 Å². The van der Waals surface area contributed by atoms with Crippen LogP contribution in [0.3, 0.4) is 0 Å². The molecule has 0 bridgehead atoms. The number of rotatable bonds is 2. The van der Waals surface area contributed by atoms with Crippen molar-refractivity contribution in [2.24, 2.45) is 0 Å². The number of fused-ring (bicyclic) bond motifs is 1. The van der Waals surface area contributed by atoms with Gasteiger partial charge in [-0.25, -0.2) is 0 Å². The number of aliphatic hydroxyl groups is 1. The fraction of sp³-hybridized carbons (Fsp3) is 0.400. The highest BCUT2D eigenvalue weighted by Gasteiger charge is 2.27. The maximum atomic E-state index is 12.5. The van der Waals surface area contributed by atoms with Gasteiger partial charge in [0, 0.05) is 17.4 Å². The van der Waals surface area contributed by atoms with E-state index in [4.69, 9.17) is 0 Å². The minimum atomic E-state index is -0.0346. The summed E-state index contributed by atoms with van der Waals surface area (Å²) in [6.45, 7) is 0.783. The molecular weight excluding hydrogens is 240 g/mol. The molecule has 0 spiro atoms. The molecule has 1 fully saturated rings. The molecule has 2 heterocycles.